The van der Waals surface area contributed by atoms with E-state index in [9.17, 15) is 18.4 Å². The molecule has 0 spiro atoms. The van der Waals surface area contributed by atoms with E-state index in [-0.39, 0.29) is 18.7 Å². The van der Waals surface area contributed by atoms with Gasteiger partial charge in [0.15, 0.2) is 11.6 Å². The Morgan fingerprint density at radius 1 is 1.25 bits per heavy atom. The van der Waals surface area contributed by atoms with Crippen molar-refractivity contribution in [2.75, 3.05) is 18.6 Å². The molecule has 2 rings (SSSR count). The number of methoxy groups -OCH3 is 1. The number of halogens is 2. The molecule has 1 aromatic rings. The summed E-state index contributed by atoms with van der Waals surface area (Å²) in [4.78, 5) is 25.4. The molecule has 0 saturated heterocycles. The zero-order chi connectivity index (χ0) is 18.3. The monoisotopic (exact) mass is 341 g/mol. The maximum atomic E-state index is 13.7. The molecule has 1 unspecified atom stereocenters. The van der Waals surface area contributed by atoms with Crippen LogP contribution in [0, 0.1) is 11.6 Å². The number of benzene rings is 1. The number of fused-ring (bicyclic) bond motifs is 1. The first-order valence-electron chi connectivity index (χ1n) is 7.54. The molecular weight excluding hydrogens is 320 g/mol. The number of nitrogens with zero attached hydrogens (tertiary/aromatic N) is 1. The van der Waals surface area contributed by atoms with Crippen LogP contribution in [0.4, 0.5) is 19.3 Å². The van der Waals surface area contributed by atoms with Gasteiger partial charge in [-0.25, -0.2) is 13.6 Å². The van der Waals surface area contributed by atoms with Crippen molar-refractivity contribution in [3.8, 4) is 0 Å². The number of esters is 1. The third-order valence-electron chi connectivity index (χ3n) is 3.86. The van der Waals surface area contributed by atoms with Gasteiger partial charge in [0.2, 0.25) is 0 Å². The zero-order valence-corrected chi connectivity index (χ0v) is 14.4. The van der Waals surface area contributed by atoms with Gasteiger partial charge in [-0.2, -0.15) is 0 Å². The number of carbonyl (C=O) groups excluding carboxylic acids is 2. The van der Waals surface area contributed by atoms with Gasteiger partial charge in [0.25, 0.3) is 0 Å². The number of carbonyl (C=O) groups is 2. The lowest BCUT2D eigenvalue weighted by Crippen LogP contribution is -2.40. The minimum absolute atomic E-state index is 0.0647. The predicted octanol–water partition coefficient (Wildman–Crippen LogP) is 3.54. The molecule has 1 aliphatic heterocycles. The fourth-order valence-electron chi connectivity index (χ4n) is 2.78. The summed E-state index contributed by atoms with van der Waals surface area (Å²) in [6, 6.07) is 1.98. The van der Waals surface area contributed by atoms with Gasteiger partial charge in [0.1, 0.15) is 5.60 Å². The van der Waals surface area contributed by atoms with Crippen molar-refractivity contribution in [2.45, 2.75) is 45.1 Å². The summed E-state index contributed by atoms with van der Waals surface area (Å²) in [7, 11) is 1.25. The average Bonchev–Trinajstić information content (AvgIpc) is 2.71. The van der Waals surface area contributed by atoms with Gasteiger partial charge in [0, 0.05) is 18.0 Å². The highest BCUT2D eigenvalue weighted by Gasteiger charge is 2.45. The first-order valence-corrected chi connectivity index (χ1v) is 7.54. The van der Waals surface area contributed by atoms with Crippen molar-refractivity contribution in [3.63, 3.8) is 0 Å². The lowest BCUT2D eigenvalue weighted by Gasteiger charge is -2.27. The molecule has 0 fully saturated rings. The number of rotatable bonds is 2. The SMILES string of the molecule is COC(=O)CC1(C)CN(C(=O)OC(C)(C)C)c2cc(F)c(F)cc21. The molecule has 1 aliphatic rings. The maximum absolute atomic E-state index is 13.7. The highest BCUT2D eigenvalue weighted by Crippen LogP contribution is 2.44. The highest BCUT2D eigenvalue weighted by atomic mass is 19.2. The topological polar surface area (TPSA) is 55.8 Å². The van der Waals surface area contributed by atoms with Gasteiger partial charge in [-0.3, -0.25) is 9.69 Å². The summed E-state index contributed by atoms with van der Waals surface area (Å²) in [6.45, 7) is 6.89. The van der Waals surface area contributed by atoms with Crippen molar-refractivity contribution in [3.05, 3.63) is 29.3 Å². The minimum atomic E-state index is -1.07. The van der Waals surface area contributed by atoms with Crippen LogP contribution in [0.1, 0.15) is 39.7 Å². The molecule has 1 atom stereocenters. The fraction of sp³-hybridized carbons (Fsp3) is 0.529. The van der Waals surface area contributed by atoms with E-state index in [0.717, 1.165) is 12.1 Å². The second-order valence-corrected chi connectivity index (χ2v) is 7.16. The molecule has 132 valence electrons. The van der Waals surface area contributed by atoms with E-state index >= 15 is 0 Å². The Labute approximate surface area is 139 Å². The van der Waals surface area contributed by atoms with Gasteiger partial charge in [-0.05, 0) is 32.4 Å². The van der Waals surface area contributed by atoms with Crippen LogP contribution in [0.3, 0.4) is 0 Å². The lowest BCUT2D eigenvalue weighted by atomic mass is 9.81. The molecule has 5 nitrogen and oxygen atoms in total. The van der Waals surface area contributed by atoms with Crippen LogP contribution in [0.2, 0.25) is 0 Å². The van der Waals surface area contributed by atoms with Crippen LogP contribution in [-0.4, -0.2) is 31.3 Å². The Morgan fingerprint density at radius 2 is 1.83 bits per heavy atom. The zero-order valence-electron chi connectivity index (χ0n) is 14.4. The summed E-state index contributed by atoms with van der Waals surface area (Å²) >= 11 is 0. The third-order valence-corrected chi connectivity index (χ3v) is 3.86. The molecule has 24 heavy (non-hydrogen) atoms. The molecule has 0 bridgehead atoms. The Hall–Kier alpha value is -2.18. The Bertz CT molecular complexity index is 684. The maximum Gasteiger partial charge on any atom is 0.414 e. The minimum Gasteiger partial charge on any atom is -0.469 e. The van der Waals surface area contributed by atoms with Gasteiger partial charge in [-0.1, -0.05) is 6.92 Å². The number of hydrogen-bond acceptors (Lipinski definition) is 4. The molecule has 0 saturated carbocycles. The van der Waals surface area contributed by atoms with Crippen molar-refractivity contribution >= 4 is 17.7 Å². The second-order valence-electron chi connectivity index (χ2n) is 7.16. The van der Waals surface area contributed by atoms with E-state index < -0.39 is 34.7 Å². The molecule has 7 heteroatoms. The van der Waals surface area contributed by atoms with E-state index in [0.29, 0.717) is 5.56 Å². The molecule has 1 heterocycles. The standard InChI is InChI=1S/C17H21F2NO4/c1-16(2,3)24-15(22)20-9-17(4,8-14(21)23-5)10-6-11(18)12(19)7-13(10)20/h6-7H,8-9H2,1-5H3. The van der Waals surface area contributed by atoms with Crippen molar-refractivity contribution in [1.29, 1.82) is 0 Å². The van der Waals surface area contributed by atoms with Gasteiger partial charge >= 0.3 is 12.1 Å². The summed E-state index contributed by atoms with van der Waals surface area (Å²) in [6.07, 6.45) is -0.746. The number of amides is 1. The first kappa shape index (κ1) is 18.2. The van der Waals surface area contributed by atoms with Crippen molar-refractivity contribution in [1.82, 2.24) is 0 Å². The molecule has 0 aromatic heterocycles. The molecule has 0 aliphatic carbocycles. The Balaban J connectivity index is 2.46. The Morgan fingerprint density at radius 3 is 2.38 bits per heavy atom. The predicted molar refractivity (Wildman–Crippen MR) is 83.9 cm³/mol. The molecular formula is C17H21F2NO4. The molecule has 1 amide bonds. The summed E-state index contributed by atoms with van der Waals surface area (Å²) in [5.74, 6) is -2.60. The molecule has 1 aromatic carbocycles. The fourth-order valence-corrected chi connectivity index (χ4v) is 2.78. The van der Waals surface area contributed by atoms with Gasteiger partial charge in [0.05, 0.1) is 19.2 Å². The van der Waals surface area contributed by atoms with Crippen molar-refractivity contribution in [2.24, 2.45) is 0 Å². The number of anilines is 1. The van der Waals surface area contributed by atoms with Gasteiger partial charge < -0.3 is 9.47 Å². The molecule has 0 N–H and O–H groups in total. The first-order chi connectivity index (χ1) is 11.0. The van der Waals surface area contributed by atoms with Crippen LogP contribution >= 0.6 is 0 Å². The third kappa shape index (κ3) is 3.49. The largest absolute Gasteiger partial charge is 0.469 e. The molecule has 0 radical (unpaired) electrons. The quantitative estimate of drug-likeness (QED) is 0.772. The summed E-state index contributed by atoms with van der Waals surface area (Å²) in [5, 5.41) is 0. The van der Waals surface area contributed by atoms with E-state index in [1.165, 1.54) is 12.0 Å². The van der Waals surface area contributed by atoms with E-state index in [1.54, 1.807) is 27.7 Å². The second kappa shape index (κ2) is 6.03. The number of hydrogen-bond donors (Lipinski definition) is 0. The van der Waals surface area contributed by atoms with Crippen LogP contribution < -0.4 is 4.90 Å². The average molecular weight is 341 g/mol. The van der Waals surface area contributed by atoms with E-state index in [4.69, 9.17) is 4.74 Å². The van der Waals surface area contributed by atoms with Gasteiger partial charge in [-0.15, -0.1) is 0 Å². The lowest BCUT2D eigenvalue weighted by molar-refractivity contribution is -0.141. The highest BCUT2D eigenvalue weighted by molar-refractivity contribution is 5.92. The van der Waals surface area contributed by atoms with Crippen LogP contribution in [0.25, 0.3) is 0 Å². The van der Waals surface area contributed by atoms with Crippen molar-refractivity contribution < 1.29 is 27.8 Å². The normalized spacial score (nSPS) is 19.9. The van der Waals surface area contributed by atoms with E-state index in [2.05, 4.69) is 4.74 Å². The summed E-state index contributed by atoms with van der Waals surface area (Å²) < 4.78 is 37.4. The smallest absolute Gasteiger partial charge is 0.414 e. The van der Waals surface area contributed by atoms with Crippen LogP contribution in [0.15, 0.2) is 12.1 Å². The Kier molecular flexibility index (Phi) is 4.57. The van der Waals surface area contributed by atoms with Crippen LogP contribution in [0.5, 0.6) is 0 Å². The number of ether oxygens (including phenoxy) is 2. The van der Waals surface area contributed by atoms with Crippen LogP contribution in [-0.2, 0) is 19.7 Å². The van der Waals surface area contributed by atoms with E-state index in [1.807, 2.05) is 0 Å². The summed E-state index contributed by atoms with van der Waals surface area (Å²) in [5.41, 5.74) is -1.06.